The third-order valence-corrected chi connectivity index (χ3v) is 5.61. The van der Waals surface area contributed by atoms with Gasteiger partial charge in [-0.1, -0.05) is 78.9 Å². The molecule has 0 spiro atoms. The molecule has 0 aliphatic carbocycles. The lowest BCUT2D eigenvalue weighted by molar-refractivity contribution is 0.206. The molecular formula is C30H30N2O3. The normalized spacial score (nSPS) is 10.5. The Balaban J connectivity index is 1.51. The zero-order valence-electron chi connectivity index (χ0n) is 20.1. The summed E-state index contributed by atoms with van der Waals surface area (Å²) in [5, 5.41) is 3.03. The van der Waals surface area contributed by atoms with Crippen molar-refractivity contribution < 1.29 is 14.3 Å². The van der Waals surface area contributed by atoms with Gasteiger partial charge < -0.3 is 19.7 Å². The number of benzene rings is 4. The van der Waals surface area contributed by atoms with Crippen molar-refractivity contribution in [3.05, 3.63) is 125 Å². The van der Waals surface area contributed by atoms with Crippen molar-refractivity contribution in [2.75, 3.05) is 12.4 Å². The van der Waals surface area contributed by atoms with E-state index in [1.54, 1.807) is 12.0 Å². The minimum Gasteiger partial charge on any atom is -0.493 e. The summed E-state index contributed by atoms with van der Waals surface area (Å²) in [6.45, 7) is 3.36. The molecule has 4 aromatic carbocycles. The second kappa shape index (κ2) is 11.7. The zero-order chi connectivity index (χ0) is 24.5. The van der Waals surface area contributed by atoms with Crippen LogP contribution in [0, 0.1) is 6.92 Å². The summed E-state index contributed by atoms with van der Waals surface area (Å²) in [6, 6.07) is 33.4. The first-order valence-corrected chi connectivity index (χ1v) is 11.6. The Morgan fingerprint density at radius 3 is 2.11 bits per heavy atom. The summed E-state index contributed by atoms with van der Waals surface area (Å²) < 4.78 is 11.6. The summed E-state index contributed by atoms with van der Waals surface area (Å²) in [5.41, 5.74) is 4.95. The Kier molecular flexibility index (Phi) is 8.02. The Morgan fingerprint density at radius 2 is 1.43 bits per heavy atom. The smallest absolute Gasteiger partial charge is 0.322 e. The lowest BCUT2D eigenvalue weighted by Gasteiger charge is -2.24. The van der Waals surface area contributed by atoms with E-state index in [2.05, 4.69) is 5.32 Å². The molecule has 35 heavy (non-hydrogen) atoms. The SMILES string of the molecule is COc1cc(CN(Cc2ccccc2)C(=O)Nc2cccc(C)c2)ccc1OCc1ccccc1. The largest absolute Gasteiger partial charge is 0.493 e. The number of aryl methyl sites for hydroxylation is 1. The summed E-state index contributed by atoms with van der Waals surface area (Å²) >= 11 is 0. The lowest BCUT2D eigenvalue weighted by atomic mass is 10.1. The minimum atomic E-state index is -0.164. The highest BCUT2D eigenvalue weighted by molar-refractivity contribution is 5.89. The number of hydrogen-bond acceptors (Lipinski definition) is 3. The maximum absolute atomic E-state index is 13.3. The van der Waals surface area contributed by atoms with Crippen LogP contribution in [0.25, 0.3) is 0 Å². The van der Waals surface area contributed by atoms with Gasteiger partial charge >= 0.3 is 6.03 Å². The van der Waals surface area contributed by atoms with E-state index in [0.717, 1.165) is 27.9 Å². The first kappa shape index (κ1) is 23.9. The molecule has 0 saturated carbocycles. The number of methoxy groups -OCH3 is 1. The molecule has 0 aromatic heterocycles. The van der Waals surface area contributed by atoms with E-state index in [1.807, 2.05) is 110 Å². The van der Waals surface area contributed by atoms with Gasteiger partial charge in [-0.25, -0.2) is 4.79 Å². The van der Waals surface area contributed by atoms with Gasteiger partial charge in [0.05, 0.1) is 7.11 Å². The highest BCUT2D eigenvalue weighted by Gasteiger charge is 2.17. The Hall–Kier alpha value is -4.25. The molecule has 0 aliphatic rings. The van der Waals surface area contributed by atoms with Crippen LogP contribution in [0.1, 0.15) is 22.3 Å². The van der Waals surface area contributed by atoms with Crippen molar-refractivity contribution in [1.29, 1.82) is 0 Å². The molecule has 2 amide bonds. The van der Waals surface area contributed by atoms with Crippen molar-refractivity contribution in [1.82, 2.24) is 4.90 Å². The Bertz CT molecular complexity index is 1240. The summed E-state index contributed by atoms with van der Waals surface area (Å²) in [5.74, 6) is 1.30. The fraction of sp³-hybridized carbons (Fsp3) is 0.167. The van der Waals surface area contributed by atoms with E-state index < -0.39 is 0 Å². The maximum Gasteiger partial charge on any atom is 0.322 e. The number of ether oxygens (including phenoxy) is 2. The predicted octanol–water partition coefficient (Wildman–Crippen LogP) is 6.82. The topological polar surface area (TPSA) is 50.8 Å². The van der Waals surface area contributed by atoms with Gasteiger partial charge in [0.2, 0.25) is 0 Å². The third-order valence-electron chi connectivity index (χ3n) is 5.61. The monoisotopic (exact) mass is 466 g/mol. The second-order valence-corrected chi connectivity index (χ2v) is 8.40. The molecule has 0 radical (unpaired) electrons. The van der Waals surface area contributed by atoms with Crippen LogP contribution in [0.4, 0.5) is 10.5 Å². The minimum absolute atomic E-state index is 0.164. The van der Waals surface area contributed by atoms with Gasteiger partial charge in [0, 0.05) is 18.8 Å². The van der Waals surface area contributed by atoms with Crippen LogP contribution < -0.4 is 14.8 Å². The highest BCUT2D eigenvalue weighted by atomic mass is 16.5. The van der Waals surface area contributed by atoms with Gasteiger partial charge in [-0.3, -0.25) is 0 Å². The lowest BCUT2D eigenvalue weighted by Crippen LogP contribution is -2.34. The average Bonchev–Trinajstić information content (AvgIpc) is 2.88. The molecule has 178 valence electrons. The summed E-state index contributed by atoms with van der Waals surface area (Å²) in [7, 11) is 1.63. The molecule has 0 unspecified atom stereocenters. The van der Waals surface area contributed by atoms with Crippen molar-refractivity contribution in [2.45, 2.75) is 26.6 Å². The van der Waals surface area contributed by atoms with E-state index in [4.69, 9.17) is 9.47 Å². The quantitative estimate of drug-likeness (QED) is 0.295. The van der Waals surface area contributed by atoms with Crippen LogP contribution in [0.2, 0.25) is 0 Å². The van der Waals surface area contributed by atoms with E-state index >= 15 is 0 Å². The number of hydrogen-bond donors (Lipinski definition) is 1. The van der Waals surface area contributed by atoms with Crippen molar-refractivity contribution in [2.24, 2.45) is 0 Å². The van der Waals surface area contributed by atoms with E-state index in [9.17, 15) is 4.79 Å². The van der Waals surface area contributed by atoms with Crippen LogP contribution in [0.3, 0.4) is 0 Å². The molecule has 4 rings (SSSR count). The van der Waals surface area contributed by atoms with E-state index in [-0.39, 0.29) is 6.03 Å². The number of carbonyl (C=O) groups is 1. The number of nitrogens with zero attached hydrogens (tertiary/aromatic N) is 1. The number of urea groups is 1. The van der Waals surface area contributed by atoms with E-state index in [1.165, 1.54) is 0 Å². The number of nitrogens with one attached hydrogen (secondary N) is 1. The number of carbonyl (C=O) groups excluding carboxylic acids is 1. The molecule has 1 N–H and O–H groups in total. The molecular weight excluding hydrogens is 436 g/mol. The molecule has 0 fully saturated rings. The van der Waals surface area contributed by atoms with Gasteiger partial charge in [-0.15, -0.1) is 0 Å². The van der Waals surface area contributed by atoms with Gasteiger partial charge in [0.15, 0.2) is 11.5 Å². The Labute approximate surface area is 206 Å². The van der Waals surface area contributed by atoms with Crippen LogP contribution in [0.15, 0.2) is 103 Å². The highest BCUT2D eigenvalue weighted by Crippen LogP contribution is 2.29. The average molecular weight is 467 g/mol. The number of amides is 2. The first-order chi connectivity index (χ1) is 17.1. The summed E-state index contributed by atoms with van der Waals surface area (Å²) in [4.78, 5) is 15.1. The standard InChI is InChI=1S/C30H30N2O3/c1-23-10-9-15-27(18-23)31-30(33)32(20-24-11-5-3-6-12-24)21-26-16-17-28(29(19-26)34-2)35-22-25-13-7-4-8-14-25/h3-19H,20-22H2,1-2H3,(H,31,33). The molecule has 5 heteroatoms. The second-order valence-electron chi connectivity index (χ2n) is 8.40. The molecule has 0 saturated heterocycles. The van der Waals surface area contributed by atoms with Gasteiger partial charge in [-0.05, 0) is 53.4 Å². The fourth-order valence-corrected chi connectivity index (χ4v) is 3.81. The van der Waals surface area contributed by atoms with Gasteiger partial charge in [-0.2, -0.15) is 0 Å². The predicted molar refractivity (Wildman–Crippen MR) is 140 cm³/mol. The first-order valence-electron chi connectivity index (χ1n) is 11.6. The number of anilines is 1. The number of rotatable bonds is 9. The maximum atomic E-state index is 13.3. The van der Waals surface area contributed by atoms with Crippen LogP contribution in [-0.4, -0.2) is 18.0 Å². The molecule has 0 atom stereocenters. The van der Waals surface area contributed by atoms with E-state index in [0.29, 0.717) is 31.2 Å². The van der Waals surface area contributed by atoms with Crippen molar-refractivity contribution >= 4 is 11.7 Å². The molecule has 0 aliphatic heterocycles. The zero-order valence-corrected chi connectivity index (χ0v) is 20.1. The Morgan fingerprint density at radius 1 is 0.743 bits per heavy atom. The fourth-order valence-electron chi connectivity index (χ4n) is 3.81. The van der Waals surface area contributed by atoms with Crippen molar-refractivity contribution in [3.8, 4) is 11.5 Å². The van der Waals surface area contributed by atoms with Crippen molar-refractivity contribution in [3.63, 3.8) is 0 Å². The van der Waals surface area contributed by atoms with Crippen LogP contribution >= 0.6 is 0 Å². The molecule has 0 bridgehead atoms. The molecule has 4 aromatic rings. The van der Waals surface area contributed by atoms with Crippen LogP contribution in [-0.2, 0) is 19.7 Å². The van der Waals surface area contributed by atoms with Gasteiger partial charge in [0.25, 0.3) is 0 Å². The third kappa shape index (κ3) is 6.87. The van der Waals surface area contributed by atoms with Gasteiger partial charge in [0.1, 0.15) is 6.61 Å². The molecule has 5 nitrogen and oxygen atoms in total. The molecule has 0 heterocycles. The van der Waals surface area contributed by atoms with Crippen LogP contribution in [0.5, 0.6) is 11.5 Å². The summed E-state index contributed by atoms with van der Waals surface area (Å²) in [6.07, 6.45) is 0.